The van der Waals surface area contributed by atoms with Crippen LogP contribution >= 0.6 is 12.4 Å². The molecule has 0 radical (unpaired) electrons. The van der Waals surface area contributed by atoms with Crippen molar-refractivity contribution >= 4 is 18.4 Å². The van der Waals surface area contributed by atoms with Gasteiger partial charge in [0, 0.05) is 32.2 Å². The summed E-state index contributed by atoms with van der Waals surface area (Å²) in [6.07, 6.45) is 5.00. The van der Waals surface area contributed by atoms with Crippen LogP contribution in [0.4, 0.5) is 4.79 Å². The summed E-state index contributed by atoms with van der Waals surface area (Å²) >= 11 is 0. The Labute approximate surface area is 157 Å². The van der Waals surface area contributed by atoms with Crippen LogP contribution in [0.5, 0.6) is 0 Å². The number of carbonyl (C=O) groups excluding carboxylic acids is 1. The lowest BCUT2D eigenvalue weighted by molar-refractivity contribution is 0.154. The number of halogens is 1. The molecule has 0 spiro atoms. The van der Waals surface area contributed by atoms with Crippen molar-refractivity contribution in [2.75, 3.05) is 39.3 Å². The molecule has 1 aromatic carbocycles. The van der Waals surface area contributed by atoms with Crippen LogP contribution in [0.1, 0.15) is 31.2 Å². The van der Waals surface area contributed by atoms with Gasteiger partial charge in [-0.1, -0.05) is 36.8 Å². The zero-order valence-corrected chi connectivity index (χ0v) is 15.8. The highest BCUT2D eigenvalue weighted by molar-refractivity contribution is 5.85. The van der Waals surface area contributed by atoms with E-state index in [1.165, 1.54) is 32.4 Å². The van der Waals surface area contributed by atoms with Gasteiger partial charge in [0.1, 0.15) is 0 Å². The lowest BCUT2D eigenvalue weighted by Gasteiger charge is -2.33. The van der Waals surface area contributed by atoms with Crippen LogP contribution < -0.4 is 10.6 Å². The van der Waals surface area contributed by atoms with Gasteiger partial charge >= 0.3 is 6.03 Å². The van der Waals surface area contributed by atoms with E-state index in [-0.39, 0.29) is 18.4 Å². The minimum Gasteiger partial charge on any atom is -0.334 e. The highest BCUT2D eigenvalue weighted by Gasteiger charge is 2.26. The minimum atomic E-state index is 0. The lowest BCUT2D eigenvalue weighted by Crippen LogP contribution is -2.50. The molecule has 3 rings (SSSR count). The molecule has 2 N–H and O–H groups in total. The van der Waals surface area contributed by atoms with Gasteiger partial charge in [-0.2, -0.15) is 0 Å². The number of rotatable bonds is 6. The first-order valence-corrected chi connectivity index (χ1v) is 9.34. The second-order valence-electron chi connectivity index (χ2n) is 6.89. The zero-order chi connectivity index (χ0) is 16.6. The van der Waals surface area contributed by atoms with Gasteiger partial charge in [0.25, 0.3) is 0 Å². The summed E-state index contributed by atoms with van der Waals surface area (Å²) in [5, 5.41) is 6.49. The Morgan fingerprint density at radius 2 is 1.96 bits per heavy atom. The summed E-state index contributed by atoms with van der Waals surface area (Å²) in [4.78, 5) is 17.3. The van der Waals surface area contributed by atoms with Crippen molar-refractivity contribution in [3.63, 3.8) is 0 Å². The lowest BCUT2D eigenvalue weighted by atomic mass is 10.1. The average molecular weight is 367 g/mol. The van der Waals surface area contributed by atoms with E-state index in [2.05, 4.69) is 32.6 Å². The first-order valence-electron chi connectivity index (χ1n) is 9.34. The largest absolute Gasteiger partial charge is 0.334 e. The number of piperidine rings is 1. The van der Waals surface area contributed by atoms with Crippen molar-refractivity contribution in [3.8, 4) is 0 Å². The van der Waals surface area contributed by atoms with Crippen LogP contribution in [0.2, 0.25) is 0 Å². The third-order valence-electron chi connectivity index (χ3n) is 5.13. The number of hydrogen-bond donors (Lipinski definition) is 2. The summed E-state index contributed by atoms with van der Waals surface area (Å²) in [6, 6.07) is 10.5. The Morgan fingerprint density at radius 3 is 2.64 bits per heavy atom. The molecule has 6 heteroatoms. The standard InChI is InChI=1S/C19H30N4O.ClH/c24-19(21-15-17-7-3-1-4-8-17)23(18-9-10-20-16-18)14-13-22-11-5-2-6-12-22;/h1,3-4,7-8,18,20H,2,5-6,9-16H2,(H,21,24);1H. The van der Waals surface area contributed by atoms with Crippen molar-refractivity contribution in [1.29, 1.82) is 0 Å². The molecule has 5 nitrogen and oxygen atoms in total. The fraction of sp³-hybridized carbons (Fsp3) is 0.632. The van der Waals surface area contributed by atoms with E-state index in [0.717, 1.165) is 38.2 Å². The van der Waals surface area contributed by atoms with E-state index in [0.29, 0.717) is 12.6 Å². The third kappa shape index (κ3) is 6.17. The molecule has 1 aromatic rings. The Hall–Kier alpha value is -1.30. The van der Waals surface area contributed by atoms with Crippen molar-refractivity contribution in [2.45, 2.75) is 38.3 Å². The third-order valence-corrected chi connectivity index (χ3v) is 5.13. The normalized spacial score (nSPS) is 20.7. The monoisotopic (exact) mass is 366 g/mol. The predicted molar refractivity (Wildman–Crippen MR) is 104 cm³/mol. The van der Waals surface area contributed by atoms with Crippen LogP contribution in [-0.4, -0.2) is 61.1 Å². The van der Waals surface area contributed by atoms with E-state index in [4.69, 9.17) is 0 Å². The second kappa shape index (κ2) is 10.6. The van der Waals surface area contributed by atoms with Crippen LogP contribution in [-0.2, 0) is 6.54 Å². The fourth-order valence-electron chi connectivity index (χ4n) is 3.66. The summed E-state index contributed by atoms with van der Waals surface area (Å²) in [7, 11) is 0. The fourth-order valence-corrected chi connectivity index (χ4v) is 3.66. The second-order valence-corrected chi connectivity index (χ2v) is 6.89. The highest BCUT2D eigenvalue weighted by atomic mass is 35.5. The summed E-state index contributed by atoms with van der Waals surface area (Å²) in [5.41, 5.74) is 1.14. The first-order chi connectivity index (χ1) is 11.8. The molecule has 0 aliphatic carbocycles. The van der Waals surface area contributed by atoms with Crippen LogP contribution in [0, 0.1) is 0 Å². The van der Waals surface area contributed by atoms with E-state index >= 15 is 0 Å². The van der Waals surface area contributed by atoms with Crippen molar-refractivity contribution < 1.29 is 4.79 Å². The van der Waals surface area contributed by atoms with Gasteiger partial charge in [0.15, 0.2) is 0 Å². The highest BCUT2D eigenvalue weighted by Crippen LogP contribution is 2.12. The number of likely N-dealkylation sites (tertiary alicyclic amines) is 1. The Kier molecular flexibility index (Phi) is 8.52. The summed E-state index contributed by atoms with van der Waals surface area (Å²) in [6.45, 7) is 6.71. The molecule has 2 fully saturated rings. The summed E-state index contributed by atoms with van der Waals surface area (Å²) in [5.74, 6) is 0. The van der Waals surface area contributed by atoms with Crippen molar-refractivity contribution in [1.82, 2.24) is 20.4 Å². The first kappa shape index (κ1) is 20.0. The van der Waals surface area contributed by atoms with Crippen molar-refractivity contribution in [2.24, 2.45) is 0 Å². The van der Waals surface area contributed by atoms with E-state index in [9.17, 15) is 4.79 Å². The molecule has 140 valence electrons. The average Bonchev–Trinajstić information content (AvgIpc) is 3.16. The van der Waals surface area contributed by atoms with Gasteiger partial charge in [0.2, 0.25) is 0 Å². The molecule has 2 saturated heterocycles. The topological polar surface area (TPSA) is 47.6 Å². The molecular weight excluding hydrogens is 336 g/mol. The number of benzene rings is 1. The Balaban J connectivity index is 0.00000225. The molecular formula is C19H31ClN4O. The minimum absolute atomic E-state index is 0. The van der Waals surface area contributed by atoms with E-state index in [1.54, 1.807) is 0 Å². The van der Waals surface area contributed by atoms with Gasteiger partial charge < -0.3 is 20.4 Å². The molecule has 2 aliphatic heterocycles. The molecule has 2 heterocycles. The quantitative estimate of drug-likeness (QED) is 0.813. The van der Waals surface area contributed by atoms with Gasteiger partial charge in [-0.3, -0.25) is 0 Å². The van der Waals surface area contributed by atoms with Crippen LogP contribution in [0.3, 0.4) is 0 Å². The number of amides is 2. The Bertz CT molecular complexity index is 501. The smallest absolute Gasteiger partial charge is 0.318 e. The van der Waals surface area contributed by atoms with Gasteiger partial charge in [-0.15, -0.1) is 12.4 Å². The molecule has 1 atom stereocenters. The van der Waals surface area contributed by atoms with Crippen LogP contribution in [0.25, 0.3) is 0 Å². The number of urea groups is 1. The maximum Gasteiger partial charge on any atom is 0.318 e. The molecule has 0 saturated carbocycles. The van der Waals surface area contributed by atoms with Gasteiger partial charge in [-0.25, -0.2) is 4.79 Å². The van der Waals surface area contributed by atoms with E-state index < -0.39 is 0 Å². The van der Waals surface area contributed by atoms with Crippen molar-refractivity contribution in [3.05, 3.63) is 35.9 Å². The predicted octanol–water partition coefficient (Wildman–Crippen LogP) is 2.47. The number of hydrogen-bond acceptors (Lipinski definition) is 3. The molecule has 25 heavy (non-hydrogen) atoms. The van der Waals surface area contributed by atoms with E-state index in [1.807, 2.05) is 18.2 Å². The summed E-state index contributed by atoms with van der Waals surface area (Å²) < 4.78 is 0. The molecule has 2 aliphatic rings. The maximum absolute atomic E-state index is 12.7. The van der Waals surface area contributed by atoms with Crippen LogP contribution in [0.15, 0.2) is 30.3 Å². The number of nitrogens with zero attached hydrogens (tertiary/aromatic N) is 2. The molecule has 0 bridgehead atoms. The zero-order valence-electron chi connectivity index (χ0n) is 15.0. The Morgan fingerprint density at radius 1 is 1.20 bits per heavy atom. The molecule has 0 aromatic heterocycles. The number of carbonyl (C=O) groups is 1. The SMILES string of the molecule is Cl.O=C(NCc1ccccc1)N(CCN1CCCCC1)C1CCNC1. The maximum atomic E-state index is 12.7. The molecule has 2 amide bonds. The molecule has 1 unspecified atom stereocenters. The number of nitrogens with one attached hydrogen (secondary N) is 2. The van der Waals surface area contributed by atoms with Gasteiger partial charge in [0.05, 0.1) is 0 Å². The van der Waals surface area contributed by atoms with Gasteiger partial charge in [-0.05, 0) is 44.5 Å².